The van der Waals surface area contributed by atoms with Crippen LogP contribution in [0.15, 0.2) is 53.0 Å². The maximum atomic E-state index is 12.5. The first-order chi connectivity index (χ1) is 13.1. The van der Waals surface area contributed by atoms with Crippen LogP contribution in [0.25, 0.3) is 0 Å². The molecule has 1 aromatic heterocycles. The summed E-state index contributed by atoms with van der Waals surface area (Å²) >= 11 is 1.34. The number of nitrogens with one attached hydrogen (secondary N) is 1. The summed E-state index contributed by atoms with van der Waals surface area (Å²) in [6.45, 7) is 0.149. The zero-order valence-electron chi connectivity index (χ0n) is 14.4. The normalized spacial score (nSPS) is 17.8. The van der Waals surface area contributed by atoms with Crippen molar-refractivity contribution in [3.8, 4) is 0 Å². The van der Waals surface area contributed by atoms with Gasteiger partial charge in [0.15, 0.2) is 11.8 Å². The number of amides is 2. The Labute approximate surface area is 159 Å². The summed E-state index contributed by atoms with van der Waals surface area (Å²) in [4.78, 5) is 39.0. The van der Waals surface area contributed by atoms with Crippen molar-refractivity contribution in [2.45, 2.75) is 12.1 Å². The zero-order valence-corrected chi connectivity index (χ0v) is 15.2. The fourth-order valence-corrected chi connectivity index (χ4v) is 3.63. The molecule has 2 N–H and O–H groups in total. The molecule has 1 aromatic carbocycles. The maximum Gasteiger partial charge on any atom is 0.334 e. The van der Waals surface area contributed by atoms with Gasteiger partial charge in [0, 0.05) is 10.4 Å². The second kappa shape index (κ2) is 8.00. The van der Waals surface area contributed by atoms with E-state index in [0.717, 1.165) is 0 Å². The fraction of sp³-hybridized carbons (Fsp3) is 0.222. The Balaban J connectivity index is 1.68. The van der Waals surface area contributed by atoms with Gasteiger partial charge in [-0.25, -0.2) is 4.79 Å². The lowest BCUT2D eigenvalue weighted by Crippen LogP contribution is -2.66. The van der Waals surface area contributed by atoms with Gasteiger partial charge in [0.25, 0.3) is 5.91 Å². The molecule has 3 rings (SSSR count). The predicted octanol–water partition coefficient (Wildman–Crippen LogP) is 1.17. The van der Waals surface area contributed by atoms with Crippen LogP contribution in [-0.2, 0) is 19.1 Å². The molecule has 1 saturated heterocycles. The van der Waals surface area contributed by atoms with E-state index in [1.165, 1.54) is 23.3 Å². The third-order valence-corrected chi connectivity index (χ3v) is 5.10. The molecule has 1 aliphatic heterocycles. The van der Waals surface area contributed by atoms with E-state index < -0.39 is 29.9 Å². The Morgan fingerprint density at radius 1 is 1.30 bits per heavy atom. The Bertz CT molecular complexity index is 866. The Hall–Kier alpha value is -3.20. The molecule has 140 valence electrons. The highest BCUT2D eigenvalue weighted by atomic mass is 32.1. The van der Waals surface area contributed by atoms with Crippen molar-refractivity contribution in [1.82, 2.24) is 10.2 Å². The van der Waals surface area contributed by atoms with Crippen LogP contribution >= 0.6 is 11.3 Å². The number of methoxy groups -OCH3 is 1. The maximum absolute atomic E-state index is 12.5. The van der Waals surface area contributed by atoms with E-state index in [9.17, 15) is 14.4 Å². The van der Waals surface area contributed by atoms with Crippen LogP contribution in [0, 0.1) is 0 Å². The average Bonchev–Trinajstić information content (AvgIpc) is 3.22. The lowest BCUT2D eigenvalue weighted by Gasteiger charge is -2.42. The molecule has 2 aromatic rings. The smallest absolute Gasteiger partial charge is 0.334 e. The van der Waals surface area contributed by atoms with E-state index in [1.54, 1.807) is 47.8 Å². The van der Waals surface area contributed by atoms with Gasteiger partial charge in [-0.05, 0) is 11.4 Å². The van der Waals surface area contributed by atoms with Crippen molar-refractivity contribution in [2.75, 3.05) is 13.7 Å². The summed E-state index contributed by atoms with van der Waals surface area (Å²) < 4.78 is 4.81. The molecule has 27 heavy (non-hydrogen) atoms. The molecule has 0 bridgehead atoms. The van der Waals surface area contributed by atoms with E-state index in [0.29, 0.717) is 10.4 Å². The minimum Gasteiger partial charge on any atom is -0.467 e. The second-order valence-corrected chi connectivity index (χ2v) is 6.75. The van der Waals surface area contributed by atoms with Gasteiger partial charge in [0.05, 0.1) is 13.7 Å². The third-order valence-electron chi connectivity index (χ3n) is 4.18. The number of thiophene rings is 1. The number of carbonyl (C=O) groups is 3. The van der Waals surface area contributed by atoms with Crippen molar-refractivity contribution in [1.29, 1.82) is 0 Å². The number of carbonyl (C=O) groups excluding carboxylic acids is 3. The molecule has 9 heteroatoms. The number of rotatable bonds is 6. The van der Waals surface area contributed by atoms with Gasteiger partial charge in [0.2, 0.25) is 5.91 Å². The second-order valence-electron chi connectivity index (χ2n) is 5.77. The summed E-state index contributed by atoms with van der Waals surface area (Å²) in [5.74, 6) is -1.62. The summed E-state index contributed by atoms with van der Waals surface area (Å²) in [5.41, 5.74) is 0.233. The molecule has 0 radical (unpaired) electrons. The van der Waals surface area contributed by atoms with E-state index in [2.05, 4.69) is 10.5 Å². The number of benzene rings is 1. The Kier molecular flexibility index (Phi) is 5.51. The average molecular weight is 387 g/mol. The highest BCUT2D eigenvalue weighted by Gasteiger charge is 2.46. The molecule has 2 atom stereocenters. The number of likely N-dealkylation sites (tertiary alicyclic amines) is 1. The highest BCUT2D eigenvalue weighted by Crippen LogP contribution is 2.31. The SMILES string of the molecule is COC(=O)C(c1cccs1)N1CC(NC(=O)C(=NO)c2ccccc2)C1=O. The van der Waals surface area contributed by atoms with Crippen LogP contribution in [0.3, 0.4) is 0 Å². The van der Waals surface area contributed by atoms with Crippen LogP contribution in [0.2, 0.25) is 0 Å². The van der Waals surface area contributed by atoms with Gasteiger partial charge in [-0.2, -0.15) is 0 Å². The lowest BCUT2D eigenvalue weighted by molar-refractivity contribution is -0.161. The largest absolute Gasteiger partial charge is 0.467 e. The molecule has 0 aliphatic carbocycles. The first kappa shape index (κ1) is 18.6. The molecule has 2 unspecified atom stereocenters. The number of nitrogens with zero attached hydrogens (tertiary/aromatic N) is 2. The molecule has 0 saturated carbocycles. The van der Waals surface area contributed by atoms with E-state index in [4.69, 9.17) is 9.94 Å². The van der Waals surface area contributed by atoms with Crippen molar-refractivity contribution < 1.29 is 24.3 Å². The molecule has 2 heterocycles. The minimum absolute atomic E-state index is 0.149. The third kappa shape index (κ3) is 3.68. The van der Waals surface area contributed by atoms with Gasteiger partial charge >= 0.3 is 5.97 Å². The quantitative estimate of drug-likeness (QED) is 0.254. The molecule has 2 amide bonds. The van der Waals surface area contributed by atoms with Crippen molar-refractivity contribution in [3.05, 3.63) is 58.3 Å². The summed E-state index contributed by atoms with van der Waals surface area (Å²) in [6.07, 6.45) is 0. The van der Waals surface area contributed by atoms with Crippen LogP contribution < -0.4 is 5.32 Å². The van der Waals surface area contributed by atoms with Gasteiger partial charge in [-0.15, -0.1) is 11.3 Å². The minimum atomic E-state index is -0.837. The molecule has 0 spiro atoms. The molecular weight excluding hydrogens is 370 g/mol. The summed E-state index contributed by atoms with van der Waals surface area (Å²) in [5, 5.41) is 16.5. The Morgan fingerprint density at radius 2 is 2.04 bits per heavy atom. The number of hydrogen-bond donors (Lipinski definition) is 2. The van der Waals surface area contributed by atoms with Gasteiger partial charge in [0.1, 0.15) is 6.04 Å². The standard InChI is InChI=1S/C18H17N3O5S/c1-26-18(24)15(13-8-5-9-27-13)21-10-12(17(21)23)19-16(22)14(20-25)11-6-3-2-4-7-11/h2-9,12,15,25H,10H2,1H3,(H,19,22). The van der Waals surface area contributed by atoms with Crippen LogP contribution in [0.5, 0.6) is 0 Å². The first-order valence-electron chi connectivity index (χ1n) is 8.07. The number of esters is 1. The number of hydrogen-bond acceptors (Lipinski definition) is 7. The molecule has 1 fully saturated rings. The molecule has 8 nitrogen and oxygen atoms in total. The topological polar surface area (TPSA) is 108 Å². The zero-order chi connectivity index (χ0) is 19.4. The van der Waals surface area contributed by atoms with Crippen LogP contribution in [0.4, 0.5) is 0 Å². The van der Waals surface area contributed by atoms with Crippen molar-refractivity contribution in [2.24, 2.45) is 5.16 Å². The van der Waals surface area contributed by atoms with E-state index in [1.807, 2.05) is 0 Å². The van der Waals surface area contributed by atoms with Gasteiger partial charge < -0.3 is 20.2 Å². The van der Waals surface area contributed by atoms with E-state index in [-0.39, 0.29) is 12.3 Å². The fourth-order valence-electron chi connectivity index (χ4n) is 2.80. The molecular formula is C18H17N3O5S. The highest BCUT2D eigenvalue weighted by molar-refractivity contribution is 7.10. The number of β-lactam (4-membered cyclic amide) rings is 1. The van der Waals surface area contributed by atoms with Crippen molar-refractivity contribution >= 4 is 34.8 Å². The summed E-state index contributed by atoms with van der Waals surface area (Å²) in [7, 11) is 1.26. The number of oxime groups is 1. The predicted molar refractivity (Wildman–Crippen MR) is 97.5 cm³/mol. The van der Waals surface area contributed by atoms with Gasteiger partial charge in [-0.1, -0.05) is 41.6 Å². The first-order valence-corrected chi connectivity index (χ1v) is 8.94. The summed E-state index contributed by atoms with van der Waals surface area (Å²) in [6, 6.07) is 10.3. The monoisotopic (exact) mass is 387 g/mol. The Morgan fingerprint density at radius 3 is 2.59 bits per heavy atom. The number of ether oxygens (including phenoxy) is 1. The van der Waals surface area contributed by atoms with E-state index >= 15 is 0 Å². The lowest BCUT2D eigenvalue weighted by atomic mass is 10.0. The molecule has 1 aliphatic rings. The van der Waals surface area contributed by atoms with Crippen LogP contribution in [0.1, 0.15) is 16.5 Å². The van der Waals surface area contributed by atoms with Crippen LogP contribution in [-0.4, -0.2) is 53.3 Å². The van der Waals surface area contributed by atoms with Crippen molar-refractivity contribution in [3.63, 3.8) is 0 Å². The van der Waals surface area contributed by atoms with Gasteiger partial charge in [-0.3, -0.25) is 9.59 Å².